The molecule has 0 amide bonds. The molecular weight excluding hydrogens is 214 g/mol. The highest BCUT2D eigenvalue weighted by molar-refractivity contribution is 7.89. The van der Waals surface area contributed by atoms with E-state index in [0.717, 1.165) is 0 Å². The van der Waals surface area contributed by atoms with Crippen molar-refractivity contribution in [2.24, 2.45) is 0 Å². The second-order valence-corrected chi connectivity index (χ2v) is 4.77. The van der Waals surface area contributed by atoms with Gasteiger partial charge in [-0.2, -0.15) is 0 Å². The molecule has 1 aromatic heterocycles. The molecule has 84 valence electrons. The molecule has 0 aliphatic heterocycles. The maximum Gasteiger partial charge on any atom is 0.259 e. The summed E-state index contributed by atoms with van der Waals surface area (Å²) < 4.78 is 27.4. The summed E-state index contributed by atoms with van der Waals surface area (Å²) in [5.41, 5.74) is 0. The second-order valence-electron chi connectivity index (χ2n) is 3.05. The van der Waals surface area contributed by atoms with E-state index < -0.39 is 10.0 Å². The molecule has 0 fully saturated rings. The quantitative estimate of drug-likeness (QED) is 0.755. The molecule has 0 unspecified atom stereocenters. The molecule has 0 aliphatic carbocycles. The van der Waals surface area contributed by atoms with Crippen molar-refractivity contribution in [2.45, 2.75) is 25.4 Å². The molecule has 0 atom stereocenters. The second kappa shape index (κ2) is 4.59. The van der Waals surface area contributed by atoms with Gasteiger partial charge in [-0.05, 0) is 13.8 Å². The van der Waals surface area contributed by atoms with E-state index in [-0.39, 0.29) is 11.6 Å². The van der Waals surface area contributed by atoms with Crippen molar-refractivity contribution in [1.29, 1.82) is 0 Å². The van der Waals surface area contributed by atoms with Crippen molar-refractivity contribution in [1.82, 2.24) is 14.3 Å². The Bertz CT molecular complexity index is 448. The van der Waals surface area contributed by atoms with Gasteiger partial charge in [0, 0.05) is 19.3 Å². The van der Waals surface area contributed by atoms with Gasteiger partial charge < -0.3 is 4.57 Å². The third-order valence-electron chi connectivity index (χ3n) is 1.99. The van der Waals surface area contributed by atoms with E-state index in [1.54, 1.807) is 11.5 Å². The Balaban J connectivity index is 3.00. The number of sulfonamides is 1. The lowest BCUT2D eigenvalue weighted by Gasteiger charge is -1.99. The van der Waals surface area contributed by atoms with Gasteiger partial charge in [0.1, 0.15) is 5.82 Å². The Morgan fingerprint density at radius 3 is 2.80 bits per heavy atom. The third kappa shape index (κ3) is 2.66. The number of aryl methyl sites for hydroxylation is 2. The average Bonchev–Trinajstić information content (AvgIpc) is 2.57. The van der Waals surface area contributed by atoms with Crippen LogP contribution < -0.4 is 4.72 Å². The van der Waals surface area contributed by atoms with Gasteiger partial charge in [-0.15, -0.1) is 6.58 Å². The summed E-state index contributed by atoms with van der Waals surface area (Å²) in [6.45, 7) is 8.06. The maximum atomic E-state index is 11.6. The van der Waals surface area contributed by atoms with Crippen molar-refractivity contribution < 1.29 is 8.42 Å². The molecular formula is C9H15N3O2S. The molecule has 0 spiro atoms. The van der Waals surface area contributed by atoms with Crippen LogP contribution in [0, 0.1) is 6.92 Å². The Labute approximate surface area is 89.9 Å². The molecule has 6 heteroatoms. The highest BCUT2D eigenvalue weighted by Crippen LogP contribution is 2.08. The summed E-state index contributed by atoms with van der Waals surface area (Å²) in [5, 5.41) is 0.0590. The zero-order valence-corrected chi connectivity index (χ0v) is 9.71. The zero-order valence-electron chi connectivity index (χ0n) is 8.90. The van der Waals surface area contributed by atoms with Gasteiger partial charge in [-0.1, -0.05) is 6.08 Å². The van der Waals surface area contributed by atoms with Crippen LogP contribution in [-0.2, 0) is 16.6 Å². The van der Waals surface area contributed by atoms with Crippen molar-refractivity contribution in [3.63, 3.8) is 0 Å². The number of nitrogens with one attached hydrogen (secondary N) is 1. The standard InChI is InChI=1S/C9H15N3O2S/c1-4-6-10-15(13,14)9-7-12(5-2)8(3)11-9/h4,7,10H,1,5-6H2,2-3H3. The van der Waals surface area contributed by atoms with E-state index in [0.29, 0.717) is 12.4 Å². The summed E-state index contributed by atoms with van der Waals surface area (Å²) in [7, 11) is -3.49. The molecule has 1 heterocycles. The van der Waals surface area contributed by atoms with Gasteiger partial charge in [-0.25, -0.2) is 18.1 Å². The number of nitrogens with zero attached hydrogens (tertiary/aromatic N) is 2. The van der Waals surface area contributed by atoms with Crippen LogP contribution in [0.15, 0.2) is 23.9 Å². The van der Waals surface area contributed by atoms with Gasteiger partial charge in [0.2, 0.25) is 0 Å². The zero-order chi connectivity index (χ0) is 11.5. The summed E-state index contributed by atoms with van der Waals surface area (Å²) in [6, 6.07) is 0. The molecule has 15 heavy (non-hydrogen) atoms. The minimum Gasteiger partial charge on any atom is -0.334 e. The minimum atomic E-state index is -3.49. The first kappa shape index (κ1) is 11.9. The molecule has 0 bridgehead atoms. The van der Waals surface area contributed by atoms with Crippen LogP contribution in [0.1, 0.15) is 12.7 Å². The third-order valence-corrected chi connectivity index (χ3v) is 3.28. The maximum absolute atomic E-state index is 11.6. The molecule has 0 aliphatic rings. The molecule has 0 saturated heterocycles. The van der Waals surface area contributed by atoms with Crippen LogP contribution >= 0.6 is 0 Å². The van der Waals surface area contributed by atoms with E-state index in [9.17, 15) is 8.42 Å². The lowest BCUT2D eigenvalue weighted by molar-refractivity contribution is 0.582. The predicted molar refractivity (Wildman–Crippen MR) is 58.0 cm³/mol. The minimum absolute atomic E-state index is 0.0590. The van der Waals surface area contributed by atoms with Gasteiger partial charge in [0.15, 0.2) is 5.03 Å². The first-order valence-electron chi connectivity index (χ1n) is 4.65. The Hall–Kier alpha value is -1.14. The summed E-state index contributed by atoms with van der Waals surface area (Å²) in [6.07, 6.45) is 3.02. The lowest BCUT2D eigenvalue weighted by Crippen LogP contribution is -2.23. The largest absolute Gasteiger partial charge is 0.334 e. The number of imidazole rings is 1. The molecule has 0 radical (unpaired) electrons. The van der Waals surface area contributed by atoms with Crippen LogP contribution in [0.5, 0.6) is 0 Å². The van der Waals surface area contributed by atoms with Gasteiger partial charge >= 0.3 is 0 Å². The summed E-state index contributed by atoms with van der Waals surface area (Å²) in [5.74, 6) is 0.691. The molecule has 5 nitrogen and oxygen atoms in total. The number of hydrogen-bond acceptors (Lipinski definition) is 3. The molecule has 0 saturated carbocycles. The van der Waals surface area contributed by atoms with Gasteiger partial charge in [0.25, 0.3) is 10.0 Å². The highest BCUT2D eigenvalue weighted by Gasteiger charge is 2.17. The van der Waals surface area contributed by atoms with Crippen molar-refractivity contribution in [3.8, 4) is 0 Å². The molecule has 1 aromatic rings. The normalized spacial score (nSPS) is 11.6. The SMILES string of the molecule is C=CCNS(=O)(=O)c1cn(CC)c(C)n1. The molecule has 0 aromatic carbocycles. The number of hydrogen-bond donors (Lipinski definition) is 1. The first-order chi connectivity index (χ1) is 7.01. The lowest BCUT2D eigenvalue weighted by atomic mass is 10.6. The Morgan fingerprint density at radius 1 is 1.67 bits per heavy atom. The van der Waals surface area contributed by atoms with E-state index >= 15 is 0 Å². The van der Waals surface area contributed by atoms with E-state index in [4.69, 9.17) is 0 Å². The van der Waals surface area contributed by atoms with Gasteiger partial charge in [-0.3, -0.25) is 0 Å². The van der Waals surface area contributed by atoms with Crippen LogP contribution in [-0.4, -0.2) is 24.5 Å². The fourth-order valence-electron chi connectivity index (χ4n) is 1.17. The highest BCUT2D eigenvalue weighted by atomic mass is 32.2. The summed E-state index contributed by atoms with van der Waals surface area (Å²) in [4.78, 5) is 3.98. The van der Waals surface area contributed by atoms with Crippen molar-refractivity contribution in [2.75, 3.05) is 6.54 Å². The first-order valence-corrected chi connectivity index (χ1v) is 6.14. The number of rotatable bonds is 5. The van der Waals surface area contributed by atoms with Crippen LogP contribution in [0.4, 0.5) is 0 Å². The summed E-state index contributed by atoms with van der Waals surface area (Å²) >= 11 is 0. The predicted octanol–water partition coefficient (Wildman–Crippen LogP) is 0.676. The van der Waals surface area contributed by atoms with Crippen LogP contribution in [0.2, 0.25) is 0 Å². The molecule has 1 N–H and O–H groups in total. The Morgan fingerprint density at radius 2 is 2.33 bits per heavy atom. The monoisotopic (exact) mass is 229 g/mol. The van der Waals surface area contributed by atoms with Crippen LogP contribution in [0.3, 0.4) is 0 Å². The fraction of sp³-hybridized carbons (Fsp3) is 0.444. The topological polar surface area (TPSA) is 64.0 Å². The molecule has 1 rings (SSSR count). The van der Waals surface area contributed by atoms with E-state index in [1.807, 2.05) is 6.92 Å². The van der Waals surface area contributed by atoms with Crippen molar-refractivity contribution in [3.05, 3.63) is 24.7 Å². The van der Waals surface area contributed by atoms with E-state index in [2.05, 4.69) is 16.3 Å². The van der Waals surface area contributed by atoms with Gasteiger partial charge in [0.05, 0.1) is 0 Å². The van der Waals surface area contributed by atoms with Crippen LogP contribution in [0.25, 0.3) is 0 Å². The smallest absolute Gasteiger partial charge is 0.259 e. The fourth-order valence-corrected chi connectivity index (χ4v) is 2.17. The average molecular weight is 229 g/mol. The number of aromatic nitrogens is 2. The van der Waals surface area contributed by atoms with E-state index in [1.165, 1.54) is 12.3 Å². The Kier molecular flexibility index (Phi) is 3.65. The van der Waals surface area contributed by atoms with Crippen molar-refractivity contribution >= 4 is 10.0 Å².